The average molecular weight is 561 g/mol. The molecule has 1 aliphatic rings. The van der Waals surface area contributed by atoms with Gasteiger partial charge in [0.15, 0.2) is 6.10 Å². The lowest BCUT2D eigenvalue weighted by molar-refractivity contribution is -0.146. The van der Waals surface area contributed by atoms with Gasteiger partial charge in [0, 0.05) is 43.5 Å². The molecule has 2 heterocycles. The molecule has 2 aromatic rings. The molecule has 13 heteroatoms. The van der Waals surface area contributed by atoms with Crippen LogP contribution in [0, 0.1) is 10.8 Å². The summed E-state index contributed by atoms with van der Waals surface area (Å²) in [5, 5.41) is 19.3. The van der Waals surface area contributed by atoms with Gasteiger partial charge in [-0.05, 0) is 54.4 Å². The summed E-state index contributed by atoms with van der Waals surface area (Å²) in [7, 11) is 0. The minimum Gasteiger partial charge on any atom is -0.452 e. The van der Waals surface area contributed by atoms with Crippen LogP contribution in [0.3, 0.4) is 0 Å². The zero-order chi connectivity index (χ0) is 26.3. The Balaban J connectivity index is 1.52. The van der Waals surface area contributed by atoms with Gasteiger partial charge in [0.25, 0.3) is 5.91 Å². The summed E-state index contributed by atoms with van der Waals surface area (Å²) < 4.78 is 5.67. The Morgan fingerprint density at radius 3 is 2.72 bits per heavy atom. The van der Waals surface area contributed by atoms with Crippen molar-refractivity contribution in [2.45, 2.75) is 39.2 Å². The van der Waals surface area contributed by atoms with Crippen LogP contribution < -0.4 is 27.0 Å². The Kier molecular flexibility index (Phi) is 8.80. The molecular formula is C23H29BrN8O4. The van der Waals surface area contributed by atoms with E-state index < -0.39 is 11.5 Å². The predicted molar refractivity (Wildman–Crippen MR) is 139 cm³/mol. The Morgan fingerprint density at radius 1 is 1.28 bits per heavy atom. The van der Waals surface area contributed by atoms with E-state index in [4.69, 9.17) is 15.9 Å². The molecule has 1 aliphatic heterocycles. The van der Waals surface area contributed by atoms with Gasteiger partial charge in [-0.15, -0.1) is 0 Å². The number of amidine groups is 1. The number of ether oxygens (including phenoxy) is 1. The maximum absolute atomic E-state index is 12.3. The number of hydrogen-bond acceptors (Lipinski definition) is 9. The lowest BCUT2D eigenvalue weighted by Crippen LogP contribution is -2.45. The molecule has 7 N–H and O–H groups in total. The third kappa shape index (κ3) is 7.13. The second-order valence-corrected chi connectivity index (χ2v) is 9.53. The van der Waals surface area contributed by atoms with E-state index in [0.717, 1.165) is 0 Å². The number of carbonyl (C=O) groups is 3. The molecule has 1 atom stereocenters. The number of amides is 2. The van der Waals surface area contributed by atoms with E-state index in [1.807, 2.05) is 0 Å². The van der Waals surface area contributed by atoms with Crippen LogP contribution in [0.2, 0.25) is 0 Å². The van der Waals surface area contributed by atoms with Crippen LogP contribution in [-0.4, -0.2) is 52.8 Å². The number of aromatic nitrogens is 2. The number of carbonyl (C=O) groups excluding carboxylic acids is 3. The number of benzene rings is 1. The summed E-state index contributed by atoms with van der Waals surface area (Å²) in [4.78, 5) is 44.4. The van der Waals surface area contributed by atoms with Gasteiger partial charge in [0.2, 0.25) is 11.9 Å². The highest BCUT2D eigenvalue weighted by Crippen LogP contribution is 2.24. The third-order valence-corrected chi connectivity index (χ3v) is 6.06. The van der Waals surface area contributed by atoms with E-state index in [0.29, 0.717) is 53.5 Å². The number of anilines is 4. The van der Waals surface area contributed by atoms with Crippen LogP contribution in [-0.2, 0) is 19.1 Å². The average Bonchev–Trinajstić information content (AvgIpc) is 3.27. The first-order valence-electron chi connectivity index (χ1n) is 11.3. The summed E-state index contributed by atoms with van der Waals surface area (Å²) in [5.41, 5.74) is 5.62. The van der Waals surface area contributed by atoms with Crippen molar-refractivity contribution in [3.05, 3.63) is 34.9 Å². The summed E-state index contributed by atoms with van der Waals surface area (Å²) in [6.07, 6.45) is 2.06. The van der Waals surface area contributed by atoms with E-state index in [-0.39, 0.29) is 30.0 Å². The minimum absolute atomic E-state index is 0.185. The monoisotopic (exact) mass is 560 g/mol. The summed E-state index contributed by atoms with van der Waals surface area (Å²) >= 11 is 3.42. The van der Waals surface area contributed by atoms with Crippen LogP contribution in [0.4, 0.5) is 23.1 Å². The highest BCUT2D eigenvalue weighted by atomic mass is 79.9. The SMILES string of the molecule is CC(C)(C(=N)N)C(=O)NCCCNc1nc(Nc2cccc(NC(=O)[C@@H]3CCC(=O)O3)c2)ncc1Br. The number of halogens is 1. The van der Waals surface area contributed by atoms with Crippen molar-refractivity contribution in [1.82, 2.24) is 15.3 Å². The predicted octanol–water partition coefficient (Wildman–Crippen LogP) is 2.51. The van der Waals surface area contributed by atoms with Gasteiger partial charge in [-0.3, -0.25) is 19.8 Å². The van der Waals surface area contributed by atoms with Crippen LogP contribution in [0.1, 0.15) is 33.1 Å². The van der Waals surface area contributed by atoms with Gasteiger partial charge in [0.1, 0.15) is 11.7 Å². The fourth-order valence-corrected chi connectivity index (χ4v) is 3.46. The molecule has 0 aliphatic carbocycles. The first kappa shape index (κ1) is 26.9. The standard InChI is InChI=1S/C23H29BrN8O4/c1-23(2,20(25)26)21(35)28-10-4-9-27-18-15(24)12-29-22(32-18)31-14-6-3-5-13(11-14)30-19(34)16-7-8-17(33)36-16/h3,5-6,11-12,16H,4,7-10H2,1-2H3,(H3,25,26)(H,28,35)(H,30,34)(H2,27,29,31,32)/t16-/m0/s1. The number of nitrogens with zero attached hydrogens (tertiary/aromatic N) is 2. The molecule has 1 aromatic carbocycles. The van der Waals surface area contributed by atoms with Gasteiger partial charge >= 0.3 is 5.97 Å². The molecule has 1 fully saturated rings. The van der Waals surface area contributed by atoms with Crippen LogP contribution >= 0.6 is 15.9 Å². The highest BCUT2D eigenvalue weighted by molar-refractivity contribution is 9.10. The van der Waals surface area contributed by atoms with E-state index in [1.54, 1.807) is 44.3 Å². The number of esters is 1. The number of nitrogens with one attached hydrogen (secondary N) is 5. The van der Waals surface area contributed by atoms with Gasteiger partial charge in [0.05, 0.1) is 9.89 Å². The molecule has 0 radical (unpaired) electrons. The zero-order valence-electron chi connectivity index (χ0n) is 20.0. The second kappa shape index (κ2) is 11.8. The smallest absolute Gasteiger partial charge is 0.306 e. The maximum atomic E-state index is 12.3. The van der Waals surface area contributed by atoms with E-state index in [9.17, 15) is 14.4 Å². The molecule has 1 saturated heterocycles. The van der Waals surface area contributed by atoms with Crippen molar-refractivity contribution in [3.63, 3.8) is 0 Å². The molecule has 36 heavy (non-hydrogen) atoms. The molecule has 0 bridgehead atoms. The van der Waals surface area contributed by atoms with Gasteiger partial charge in [-0.1, -0.05) is 6.07 Å². The van der Waals surface area contributed by atoms with E-state index >= 15 is 0 Å². The van der Waals surface area contributed by atoms with E-state index in [2.05, 4.69) is 47.2 Å². The maximum Gasteiger partial charge on any atom is 0.306 e. The summed E-state index contributed by atoms with van der Waals surface area (Å²) in [6, 6.07) is 7.01. The molecular weight excluding hydrogens is 532 g/mol. The Morgan fingerprint density at radius 2 is 2.03 bits per heavy atom. The molecule has 2 amide bonds. The summed E-state index contributed by atoms with van der Waals surface area (Å²) in [5.74, 6) is -0.321. The molecule has 3 rings (SSSR count). The molecule has 1 aromatic heterocycles. The first-order chi connectivity index (χ1) is 17.1. The van der Waals surface area contributed by atoms with Crippen molar-refractivity contribution in [2.75, 3.05) is 29.0 Å². The zero-order valence-corrected chi connectivity index (χ0v) is 21.6. The highest BCUT2D eigenvalue weighted by Gasteiger charge is 2.31. The number of hydrogen-bond donors (Lipinski definition) is 6. The van der Waals surface area contributed by atoms with Crippen molar-refractivity contribution in [2.24, 2.45) is 11.1 Å². The van der Waals surface area contributed by atoms with E-state index in [1.165, 1.54) is 0 Å². The van der Waals surface area contributed by atoms with Gasteiger partial charge in [-0.25, -0.2) is 4.98 Å². The van der Waals surface area contributed by atoms with Crippen molar-refractivity contribution in [1.29, 1.82) is 5.41 Å². The van der Waals surface area contributed by atoms with Crippen molar-refractivity contribution < 1.29 is 19.1 Å². The Labute approximate surface area is 216 Å². The normalized spacial score (nSPS) is 15.1. The third-order valence-electron chi connectivity index (χ3n) is 5.48. The molecule has 0 unspecified atom stereocenters. The second-order valence-electron chi connectivity index (χ2n) is 8.68. The summed E-state index contributed by atoms with van der Waals surface area (Å²) in [6.45, 7) is 4.15. The topological polar surface area (TPSA) is 184 Å². The van der Waals surface area contributed by atoms with Gasteiger partial charge < -0.3 is 31.7 Å². The van der Waals surface area contributed by atoms with Crippen LogP contribution in [0.5, 0.6) is 0 Å². The fraction of sp³-hybridized carbons (Fsp3) is 0.391. The lowest BCUT2D eigenvalue weighted by atomic mass is 9.91. The molecule has 0 spiro atoms. The van der Waals surface area contributed by atoms with Crippen LogP contribution in [0.15, 0.2) is 34.9 Å². The number of cyclic esters (lactones) is 1. The number of rotatable bonds is 11. The quantitative estimate of drug-likeness (QED) is 0.104. The first-order valence-corrected chi connectivity index (χ1v) is 12.1. The Hall–Kier alpha value is -3.74. The minimum atomic E-state index is -1.05. The van der Waals surface area contributed by atoms with Crippen molar-refractivity contribution >= 4 is 62.7 Å². The molecule has 192 valence electrons. The van der Waals surface area contributed by atoms with Crippen LogP contribution in [0.25, 0.3) is 0 Å². The molecule has 12 nitrogen and oxygen atoms in total. The largest absolute Gasteiger partial charge is 0.452 e. The van der Waals surface area contributed by atoms with Gasteiger partial charge in [-0.2, -0.15) is 4.98 Å². The molecule has 0 saturated carbocycles. The Bertz CT molecular complexity index is 1160. The fourth-order valence-electron chi connectivity index (χ4n) is 3.13. The number of nitrogens with two attached hydrogens (primary N) is 1. The lowest BCUT2D eigenvalue weighted by Gasteiger charge is -2.21. The van der Waals surface area contributed by atoms with Crippen molar-refractivity contribution in [3.8, 4) is 0 Å².